The molecule has 1 aliphatic heterocycles. The van der Waals surface area contributed by atoms with Crippen LogP contribution in [0.1, 0.15) is 18.8 Å². The average Bonchev–Trinajstić information content (AvgIpc) is 3.36. The molecule has 4 atom stereocenters. The summed E-state index contributed by atoms with van der Waals surface area (Å²) in [5, 5.41) is 30.5. The molecule has 0 amide bonds. The van der Waals surface area contributed by atoms with Crippen LogP contribution in [0, 0.1) is 6.92 Å². The minimum atomic E-state index is -1.71. The van der Waals surface area contributed by atoms with Gasteiger partial charge in [0.15, 0.2) is 17.4 Å². The summed E-state index contributed by atoms with van der Waals surface area (Å²) in [5.74, 6) is 0.322. The van der Waals surface area contributed by atoms with Gasteiger partial charge in [-0.1, -0.05) is 30.3 Å². The van der Waals surface area contributed by atoms with Gasteiger partial charge in [0.25, 0.3) is 5.56 Å². The summed E-state index contributed by atoms with van der Waals surface area (Å²) in [6, 6.07) is 9.59. The Morgan fingerprint density at radius 1 is 1.30 bits per heavy atom. The van der Waals surface area contributed by atoms with Gasteiger partial charge < -0.3 is 25.0 Å². The molecule has 5 rings (SSSR count). The van der Waals surface area contributed by atoms with Crippen molar-refractivity contribution in [3.63, 3.8) is 0 Å². The molecule has 0 radical (unpaired) electrons. The van der Waals surface area contributed by atoms with Gasteiger partial charge >= 0.3 is 0 Å². The maximum Gasteiger partial charge on any atom is 0.287 e. The number of rotatable bonds is 3. The van der Waals surface area contributed by atoms with Crippen LogP contribution >= 0.6 is 0 Å². The van der Waals surface area contributed by atoms with Crippen LogP contribution in [0.4, 0.5) is 0 Å². The lowest BCUT2D eigenvalue weighted by atomic mass is 9.96. The summed E-state index contributed by atoms with van der Waals surface area (Å²) in [5.41, 5.74) is 0.615. The van der Waals surface area contributed by atoms with Gasteiger partial charge in [0.2, 0.25) is 5.78 Å². The fourth-order valence-electron chi connectivity index (χ4n) is 4.13. The highest BCUT2D eigenvalue weighted by Gasteiger charge is 2.53. The van der Waals surface area contributed by atoms with Crippen molar-refractivity contribution in [2.75, 3.05) is 6.61 Å². The number of fused-ring (bicyclic) bond motifs is 2. The molecular weight excluding hydrogens is 390 g/mol. The number of aromatic nitrogens is 5. The molecule has 0 aliphatic carbocycles. The van der Waals surface area contributed by atoms with E-state index in [0.717, 1.165) is 11.3 Å². The van der Waals surface area contributed by atoms with E-state index in [9.17, 15) is 20.1 Å². The van der Waals surface area contributed by atoms with E-state index in [-0.39, 0.29) is 16.7 Å². The van der Waals surface area contributed by atoms with Crippen molar-refractivity contribution in [2.45, 2.75) is 37.9 Å². The van der Waals surface area contributed by atoms with E-state index in [1.54, 1.807) is 0 Å². The van der Waals surface area contributed by atoms with Crippen molar-refractivity contribution >= 4 is 16.9 Å². The smallest absolute Gasteiger partial charge is 0.287 e. The van der Waals surface area contributed by atoms with Crippen molar-refractivity contribution in [1.29, 1.82) is 0 Å². The Kier molecular flexibility index (Phi) is 4.09. The van der Waals surface area contributed by atoms with E-state index in [1.807, 2.05) is 37.3 Å². The Hall–Kier alpha value is -3.05. The highest BCUT2D eigenvalue weighted by atomic mass is 16.6. The van der Waals surface area contributed by atoms with Crippen LogP contribution < -0.4 is 5.56 Å². The lowest BCUT2D eigenvalue weighted by molar-refractivity contribution is -0.0950. The number of hydrogen-bond donors (Lipinski definition) is 4. The fraction of sp³-hybridized carbons (Fsp3) is 0.350. The standard InChI is InChI=1S/C20H21N5O5/c1-10-13(11-6-4-3-5-7-11)22-19-23-16-14(17(28)25(10)19)21-9-24(16)18-20(2,29)15(27)12(8-26)30-18/h3-7,9,12,15,18,26-27,29H,8H2,1-2H3,(H,22,23). The minimum absolute atomic E-state index is 0.107. The molecule has 156 valence electrons. The number of nitrogens with zero attached hydrogens (tertiary/aromatic N) is 4. The molecule has 4 N–H and O–H groups in total. The second-order valence-corrected chi connectivity index (χ2v) is 7.73. The predicted molar refractivity (Wildman–Crippen MR) is 107 cm³/mol. The monoisotopic (exact) mass is 411 g/mol. The van der Waals surface area contributed by atoms with Crippen molar-refractivity contribution in [3.05, 3.63) is 52.7 Å². The van der Waals surface area contributed by atoms with E-state index in [0.29, 0.717) is 11.5 Å². The largest absolute Gasteiger partial charge is 0.394 e. The van der Waals surface area contributed by atoms with E-state index >= 15 is 0 Å². The molecule has 1 fully saturated rings. The van der Waals surface area contributed by atoms with Gasteiger partial charge in [-0.25, -0.2) is 9.38 Å². The van der Waals surface area contributed by atoms with E-state index in [2.05, 4.69) is 15.0 Å². The third-order valence-electron chi connectivity index (χ3n) is 5.78. The number of ether oxygens (including phenoxy) is 1. The van der Waals surface area contributed by atoms with Crippen LogP contribution in [-0.2, 0) is 4.74 Å². The van der Waals surface area contributed by atoms with Gasteiger partial charge in [0.1, 0.15) is 17.8 Å². The number of aliphatic hydroxyl groups excluding tert-OH is 2. The maximum atomic E-state index is 13.2. The van der Waals surface area contributed by atoms with Gasteiger partial charge in [0, 0.05) is 0 Å². The number of hydrogen-bond acceptors (Lipinski definition) is 7. The number of nitrogens with one attached hydrogen (secondary N) is 1. The topological polar surface area (TPSA) is 138 Å². The SMILES string of the molecule is Cc1c(-c2ccccc2)[nH]c2nc3c(ncn3C3OC(CO)C(O)C3(C)O)c(=O)n12. The van der Waals surface area contributed by atoms with Crippen molar-refractivity contribution in [3.8, 4) is 11.3 Å². The molecule has 4 unspecified atom stereocenters. The summed E-state index contributed by atoms with van der Waals surface area (Å²) in [6.45, 7) is 2.77. The zero-order valence-corrected chi connectivity index (χ0v) is 16.4. The van der Waals surface area contributed by atoms with E-state index in [1.165, 1.54) is 22.2 Å². The molecule has 10 nitrogen and oxygen atoms in total. The lowest BCUT2D eigenvalue weighted by Gasteiger charge is -2.27. The molecule has 0 bridgehead atoms. The molecule has 4 aromatic rings. The van der Waals surface area contributed by atoms with E-state index in [4.69, 9.17) is 4.74 Å². The second-order valence-electron chi connectivity index (χ2n) is 7.73. The van der Waals surface area contributed by atoms with E-state index < -0.39 is 30.6 Å². The van der Waals surface area contributed by atoms with Gasteiger partial charge in [-0.2, -0.15) is 4.98 Å². The second kappa shape index (κ2) is 6.47. The molecule has 3 aromatic heterocycles. The first-order valence-corrected chi connectivity index (χ1v) is 9.54. The minimum Gasteiger partial charge on any atom is -0.394 e. The highest BCUT2D eigenvalue weighted by molar-refractivity contribution is 5.74. The maximum absolute atomic E-state index is 13.2. The van der Waals surface area contributed by atoms with Crippen LogP contribution in [0.2, 0.25) is 0 Å². The van der Waals surface area contributed by atoms with Crippen LogP contribution in [0.5, 0.6) is 0 Å². The van der Waals surface area contributed by atoms with Crippen molar-refractivity contribution in [1.82, 2.24) is 23.9 Å². The quantitative estimate of drug-likeness (QED) is 0.382. The third-order valence-corrected chi connectivity index (χ3v) is 5.78. The number of aliphatic hydroxyl groups is 3. The molecule has 0 saturated carbocycles. The number of imidazole rings is 2. The molecule has 30 heavy (non-hydrogen) atoms. The highest BCUT2D eigenvalue weighted by Crippen LogP contribution is 2.39. The van der Waals surface area contributed by atoms with Gasteiger partial charge in [-0.05, 0) is 19.4 Å². The first-order valence-electron chi connectivity index (χ1n) is 9.54. The van der Waals surface area contributed by atoms with Gasteiger partial charge in [-0.15, -0.1) is 0 Å². The van der Waals surface area contributed by atoms with Crippen LogP contribution in [-0.4, -0.2) is 63.7 Å². The number of aryl methyl sites for hydroxylation is 1. The zero-order valence-electron chi connectivity index (χ0n) is 16.4. The third kappa shape index (κ3) is 2.48. The summed E-state index contributed by atoms with van der Waals surface area (Å²) >= 11 is 0. The van der Waals surface area contributed by atoms with Crippen molar-refractivity contribution < 1.29 is 20.1 Å². The van der Waals surface area contributed by atoms with Crippen LogP contribution in [0.3, 0.4) is 0 Å². The Morgan fingerprint density at radius 2 is 2.03 bits per heavy atom. The Morgan fingerprint density at radius 3 is 2.70 bits per heavy atom. The molecule has 1 saturated heterocycles. The summed E-state index contributed by atoms with van der Waals surface area (Å²) in [4.78, 5) is 25.1. The Labute approximate surface area is 170 Å². The molecule has 0 spiro atoms. The zero-order chi connectivity index (χ0) is 21.2. The normalized spacial score (nSPS) is 26.8. The van der Waals surface area contributed by atoms with Gasteiger partial charge in [0.05, 0.1) is 24.3 Å². The summed E-state index contributed by atoms with van der Waals surface area (Å²) in [6.07, 6.45) is -2.01. The Bertz CT molecular complexity index is 1310. The first-order chi connectivity index (χ1) is 14.3. The number of aromatic amines is 1. The van der Waals surface area contributed by atoms with Crippen molar-refractivity contribution in [2.24, 2.45) is 0 Å². The summed E-state index contributed by atoms with van der Waals surface area (Å²) < 4.78 is 8.52. The summed E-state index contributed by atoms with van der Waals surface area (Å²) in [7, 11) is 0. The predicted octanol–water partition coefficient (Wildman–Crippen LogP) is 0.349. The number of benzene rings is 1. The molecule has 1 aliphatic rings. The molecule has 1 aromatic carbocycles. The Balaban J connectivity index is 1.72. The lowest BCUT2D eigenvalue weighted by Crippen LogP contribution is -2.44. The first kappa shape index (κ1) is 18.9. The van der Waals surface area contributed by atoms with Gasteiger partial charge in [-0.3, -0.25) is 9.36 Å². The fourth-order valence-corrected chi connectivity index (χ4v) is 4.13. The number of H-pyrrole nitrogens is 1. The molecule has 4 heterocycles. The van der Waals surface area contributed by atoms with Crippen LogP contribution in [0.25, 0.3) is 28.2 Å². The molecular formula is C20H21N5O5. The van der Waals surface area contributed by atoms with Crippen LogP contribution in [0.15, 0.2) is 41.5 Å². The molecule has 10 heteroatoms. The average molecular weight is 411 g/mol.